The summed E-state index contributed by atoms with van der Waals surface area (Å²) in [6.45, 7) is 0. The number of hydrogen-bond donors (Lipinski definition) is 0. The molecular weight excluding hydrogens is 801 g/mol. The van der Waals surface area contributed by atoms with E-state index in [0.717, 1.165) is 67.5 Å². The van der Waals surface area contributed by atoms with Crippen LogP contribution in [0.5, 0.6) is 0 Å². The Morgan fingerprint density at radius 3 is 1.47 bits per heavy atom. The van der Waals surface area contributed by atoms with Gasteiger partial charge in [-0.15, -0.1) is 0 Å². The van der Waals surface area contributed by atoms with Crippen molar-refractivity contribution < 1.29 is 4.42 Å². The van der Waals surface area contributed by atoms with Crippen molar-refractivity contribution >= 4 is 45.1 Å². The van der Waals surface area contributed by atoms with Crippen molar-refractivity contribution in [2.24, 2.45) is 0 Å². The highest BCUT2D eigenvalue weighted by molar-refractivity contribution is 6.05. The van der Waals surface area contributed by atoms with Crippen LogP contribution < -0.4 is 9.80 Å². The molecule has 10 aromatic carbocycles. The normalized spacial score (nSPS) is 14.1. The Balaban J connectivity index is 1.08. The van der Waals surface area contributed by atoms with Crippen molar-refractivity contribution in [3.63, 3.8) is 0 Å². The summed E-state index contributed by atoms with van der Waals surface area (Å²) in [5, 5.41) is 1.13. The van der Waals surface area contributed by atoms with Crippen molar-refractivity contribution in [1.29, 1.82) is 0 Å². The Morgan fingerprint density at radius 2 is 0.773 bits per heavy atom. The molecular formula is C63H42N2O. The van der Waals surface area contributed by atoms with Crippen LogP contribution in [0.25, 0.3) is 55.5 Å². The summed E-state index contributed by atoms with van der Waals surface area (Å²) in [6, 6.07) is 92.2. The monoisotopic (exact) mass is 842 g/mol. The highest BCUT2D eigenvalue weighted by Crippen LogP contribution is 2.66. The fraction of sp³-hybridized carbons (Fsp3) is 0.0159. The molecule has 0 radical (unpaired) electrons. The molecule has 1 aromatic heterocycles. The van der Waals surface area contributed by atoms with Gasteiger partial charge in [0.2, 0.25) is 0 Å². The van der Waals surface area contributed by atoms with E-state index in [1.807, 2.05) is 0 Å². The van der Waals surface area contributed by atoms with E-state index in [1.165, 1.54) is 44.5 Å². The molecule has 3 heteroatoms. The van der Waals surface area contributed by atoms with E-state index in [2.05, 4.69) is 265 Å². The number of rotatable bonds is 8. The number of benzene rings is 10. The minimum absolute atomic E-state index is 0.761. The molecule has 0 saturated carbocycles. The highest BCUT2D eigenvalue weighted by atomic mass is 16.3. The van der Waals surface area contributed by atoms with Crippen LogP contribution in [0.3, 0.4) is 0 Å². The largest absolute Gasteiger partial charge is 0.459 e. The first kappa shape index (κ1) is 37.9. The second-order valence-electron chi connectivity index (χ2n) is 17.2. The molecule has 0 bridgehead atoms. The van der Waals surface area contributed by atoms with Crippen molar-refractivity contribution in [2.45, 2.75) is 5.41 Å². The predicted octanol–water partition coefficient (Wildman–Crippen LogP) is 17.0. The van der Waals surface area contributed by atoms with Gasteiger partial charge < -0.3 is 14.2 Å². The van der Waals surface area contributed by atoms with Crippen molar-refractivity contribution in [3.05, 3.63) is 277 Å². The average Bonchev–Trinajstić information content (AvgIpc) is 4.01. The lowest BCUT2D eigenvalue weighted by molar-refractivity contribution is 0.507. The van der Waals surface area contributed by atoms with Crippen molar-refractivity contribution in [2.75, 3.05) is 9.80 Å². The number of hydrogen-bond acceptors (Lipinski definition) is 3. The molecule has 66 heavy (non-hydrogen) atoms. The fourth-order valence-electron chi connectivity index (χ4n) is 10.8. The molecule has 11 aromatic rings. The highest BCUT2D eigenvalue weighted by Gasteiger charge is 2.55. The van der Waals surface area contributed by atoms with E-state index >= 15 is 0 Å². The number of para-hydroxylation sites is 4. The molecule has 0 N–H and O–H groups in total. The van der Waals surface area contributed by atoms with Gasteiger partial charge in [-0.3, -0.25) is 0 Å². The molecule has 2 aliphatic rings. The van der Waals surface area contributed by atoms with Gasteiger partial charge in [0.15, 0.2) is 0 Å². The first-order chi connectivity index (χ1) is 32.8. The van der Waals surface area contributed by atoms with Gasteiger partial charge in [-0.1, -0.05) is 182 Å². The Kier molecular flexibility index (Phi) is 8.75. The lowest BCUT2D eigenvalue weighted by Gasteiger charge is -2.32. The summed E-state index contributed by atoms with van der Waals surface area (Å²) >= 11 is 0. The summed E-state index contributed by atoms with van der Waals surface area (Å²) in [5.74, 6) is 0.966. The van der Waals surface area contributed by atoms with Gasteiger partial charge in [-0.25, -0.2) is 0 Å². The van der Waals surface area contributed by atoms with Gasteiger partial charge in [0.1, 0.15) is 16.8 Å². The van der Waals surface area contributed by atoms with Crippen molar-refractivity contribution in [1.82, 2.24) is 0 Å². The zero-order chi connectivity index (χ0) is 43.6. The van der Waals surface area contributed by atoms with Gasteiger partial charge >= 0.3 is 0 Å². The summed E-state index contributed by atoms with van der Waals surface area (Å²) < 4.78 is 7.29. The third-order valence-electron chi connectivity index (χ3n) is 13.6. The van der Waals surface area contributed by atoms with Crippen LogP contribution >= 0.6 is 0 Å². The quantitative estimate of drug-likeness (QED) is 0.152. The summed E-state index contributed by atoms with van der Waals surface area (Å²) in [5.41, 5.74) is 19.7. The molecule has 310 valence electrons. The molecule has 1 spiro atoms. The topological polar surface area (TPSA) is 19.6 Å². The Morgan fingerprint density at radius 1 is 0.303 bits per heavy atom. The maximum atomic E-state index is 7.29. The van der Waals surface area contributed by atoms with Crippen LogP contribution in [0.4, 0.5) is 34.1 Å². The fourth-order valence-corrected chi connectivity index (χ4v) is 10.8. The number of nitrogens with zero attached hydrogens (tertiary/aromatic N) is 2. The van der Waals surface area contributed by atoms with Crippen molar-refractivity contribution in [3.8, 4) is 44.5 Å². The van der Waals surface area contributed by atoms with Crippen LogP contribution in [0.15, 0.2) is 259 Å². The van der Waals surface area contributed by atoms with Crippen LogP contribution in [-0.4, -0.2) is 0 Å². The maximum absolute atomic E-state index is 7.29. The van der Waals surface area contributed by atoms with Crippen LogP contribution in [0.2, 0.25) is 0 Å². The number of fused-ring (bicyclic) bond motifs is 12. The minimum Gasteiger partial charge on any atom is -0.459 e. The first-order valence-corrected chi connectivity index (χ1v) is 22.7. The van der Waals surface area contributed by atoms with E-state index in [9.17, 15) is 0 Å². The predicted molar refractivity (Wildman–Crippen MR) is 273 cm³/mol. The lowest BCUT2D eigenvalue weighted by atomic mass is 9.73. The Bertz CT molecular complexity index is 3540. The smallest absolute Gasteiger partial charge is 0.135 e. The summed E-state index contributed by atoms with van der Waals surface area (Å²) in [7, 11) is 0. The number of anilines is 6. The van der Waals surface area contributed by atoms with Gasteiger partial charge in [0.05, 0.1) is 5.69 Å². The van der Waals surface area contributed by atoms with Gasteiger partial charge in [-0.2, -0.15) is 0 Å². The van der Waals surface area contributed by atoms with Crippen LogP contribution in [0.1, 0.15) is 22.5 Å². The molecule has 13 rings (SSSR count). The Hall–Kier alpha value is -8.66. The molecule has 2 aliphatic carbocycles. The standard InChI is InChI=1S/C63H42N2O/c1-5-19-43(20-6-1)44-33-35-48(36-34-44)65(59-31-17-14-27-51(59)45-21-7-2-8-22-45)50-37-39-53-52-28-13-16-30-56(52)63(57(53)42-50)58-41-49(64(46-23-9-3-10-24-46)47-25-11-4-12-26-47)38-40-54(58)61-55-29-15-18-32-60(55)66-62(61)63/h1-42H. The molecule has 0 fully saturated rings. The van der Waals surface area contributed by atoms with E-state index in [0.29, 0.717) is 0 Å². The van der Waals surface area contributed by atoms with E-state index in [1.54, 1.807) is 0 Å². The summed E-state index contributed by atoms with van der Waals surface area (Å²) in [6.07, 6.45) is 0. The first-order valence-electron chi connectivity index (χ1n) is 22.7. The summed E-state index contributed by atoms with van der Waals surface area (Å²) in [4.78, 5) is 4.80. The van der Waals surface area contributed by atoms with E-state index in [4.69, 9.17) is 4.42 Å². The Labute approximate surface area is 384 Å². The lowest BCUT2D eigenvalue weighted by Crippen LogP contribution is -2.26. The number of furan rings is 1. The second-order valence-corrected chi connectivity index (χ2v) is 17.2. The molecule has 0 aliphatic heterocycles. The molecule has 3 nitrogen and oxygen atoms in total. The molecule has 0 saturated heterocycles. The van der Waals surface area contributed by atoms with E-state index in [-0.39, 0.29) is 0 Å². The second kappa shape index (κ2) is 15.3. The van der Waals surface area contributed by atoms with Gasteiger partial charge in [0.25, 0.3) is 0 Å². The minimum atomic E-state index is -0.761. The van der Waals surface area contributed by atoms with Crippen LogP contribution in [-0.2, 0) is 5.41 Å². The zero-order valence-electron chi connectivity index (χ0n) is 36.1. The molecule has 1 heterocycles. The third-order valence-corrected chi connectivity index (χ3v) is 13.6. The average molecular weight is 843 g/mol. The van der Waals surface area contributed by atoms with Gasteiger partial charge in [-0.05, 0) is 123 Å². The maximum Gasteiger partial charge on any atom is 0.135 e. The van der Waals surface area contributed by atoms with E-state index < -0.39 is 5.41 Å². The molecule has 1 atom stereocenters. The zero-order valence-corrected chi connectivity index (χ0v) is 36.1. The molecule has 1 unspecified atom stereocenters. The SMILES string of the molecule is c1ccc(-c2ccc(N(c3ccc4c(c3)C3(c5ccccc5-4)c4cc(N(c5ccccc5)c5ccccc5)ccc4-c4c3oc3ccccc43)c3ccccc3-c3ccccc3)cc2)cc1. The third kappa shape index (κ3) is 5.77. The molecule has 0 amide bonds. The van der Waals surface area contributed by atoms with Crippen LogP contribution in [0, 0.1) is 0 Å². The van der Waals surface area contributed by atoms with Gasteiger partial charge in [0, 0.05) is 45.0 Å².